The second-order valence-corrected chi connectivity index (χ2v) is 7.35. The monoisotopic (exact) mass is 415 g/mol. The number of amides is 1. The Kier molecular flexibility index (Phi) is 5.41. The number of hydrogen-bond donors (Lipinski definition) is 3. The fourth-order valence-corrected chi connectivity index (χ4v) is 3.60. The average Bonchev–Trinajstić information content (AvgIpc) is 3.15. The highest BCUT2D eigenvalue weighted by Gasteiger charge is 2.20. The molecule has 0 aliphatic carbocycles. The molecule has 0 aliphatic heterocycles. The Morgan fingerprint density at radius 3 is 2.55 bits per heavy atom. The standard InChI is InChI=1S/C24H21N3O4/c1-15-7-9-18(22(28)11-15)24(31)26-17-8-10-19-21(12-17)27(14-25-19)20(13-23(29)30)16-5-3-2-4-6-16/h2-12,14,20,28H,13H2,1H3,(H,26,31)(H,29,30). The van der Waals surface area contributed by atoms with Crippen molar-refractivity contribution in [1.29, 1.82) is 0 Å². The molecule has 1 atom stereocenters. The number of phenols is 1. The molecule has 1 amide bonds. The molecular formula is C24H21N3O4. The summed E-state index contributed by atoms with van der Waals surface area (Å²) >= 11 is 0. The van der Waals surface area contributed by atoms with E-state index in [9.17, 15) is 19.8 Å². The number of fused-ring (bicyclic) bond motifs is 1. The van der Waals surface area contributed by atoms with Gasteiger partial charge in [-0.3, -0.25) is 9.59 Å². The number of imidazole rings is 1. The van der Waals surface area contributed by atoms with Crippen molar-refractivity contribution >= 4 is 28.6 Å². The van der Waals surface area contributed by atoms with Crippen LogP contribution in [0.25, 0.3) is 11.0 Å². The maximum absolute atomic E-state index is 12.6. The number of nitrogens with one attached hydrogen (secondary N) is 1. The molecule has 7 nitrogen and oxygen atoms in total. The summed E-state index contributed by atoms with van der Waals surface area (Å²) in [5.41, 5.74) is 3.77. The fraction of sp³-hybridized carbons (Fsp3) is 0.125. The van der Waals surface area contributed by atoms with E-state index in [2.05, 4.69) is 10.3 Å². The van der Waals surface area contributed by atoms with Gasteiger partial charge in [-0.25, -0.2) is 4.98 Å². The second-order valence-electron chi connectivity index (χ2n) is 7.35. The Morgan fingerprint density at radius 2 is 1.84 bits per heavy atom. The van der Waals surface area contributed by atoms with E-state index in [-0.39, 0.29) is 17.7 Å². The summed E-state index contributed by atoms with van der Waals surface area (Å²) in [5, 5.41) is 22.3. The molecule has 4 rings (SSSR count). The van der Waals surface area contributed by atoms with Crippen LogP contribution in [0.1, 0.15) is 33.9 Å². The van der Waals surface area contributed by atoms with E-state index in [0.29, 0.717) is 16.7 Å². The lowest BCUT2D eigenvalue weighted by Crippen LogP contribution is -2.15. The first kappa shape index (κ1) is 20.2. The first-order valence-corrected chi connectivity index (χ1v) is 9.76. The minimum Gasteiger partial charge on any atom is -0.507 e. The maximum Gasteiger partial charge on any atom is 0.305 e. The lowest BCUT2D eigenvalue weighted by molar-refractivity contribution is -0.137. The first-order valence-electron chi connectivity index (χ1n) is 9.76. The van der Waals surface area contributed by atoms with E-state index in [1.54, 1.807) is 41.2 Å². The van der Waals surface area contributed by atoms with Gasteiger partial charge in [0.2, 0.25) is 0 Å². The van der Waals surface area contributed by atoms with Crippen molar-refractivity contribution in [2.75, 3.05) is 5.32 Å². The van der Waals surface area contributed by atoms with Gasteiger partial charge >= 0.3 is 5.97 Å². The number of aliphatic carboxylic acids is 1. The lowest BCUT2D eigenvalue weighted by atomic mass is 10.0. The minimum absolute atomic E-state index is 0.0887. The summed E-state index contributed by atoms with van der Waals surface area (Å²) in [7, 11) is 0. The number of anilines is 1. The van der Waals surface area contributed by atoms with Crippen molar-refractivity contribution in [2.45, 2.75) is 19.4 Å². The SMILES string of the molecule is Cc1ccc(C(=O)Nc2ccc3ncn(C(CC(=O)O)c4ccccc4)c3c2)c(O)c1. The fourth-order valence-electron chi connectivity index (χ4n) is 3.60. The number of aromatic nitrogens is 2. The van der Waals surface area contributed by atoms with Gasteiger partial charge in [0.1, 0.15) is 5.75 Å². The van der Waals surface area contributed by atoms with Gasteiger partial charge in [-0.1, -0.05) is 36.4 Å². The molecule has 31 heavy (non-hydrogen) atoms. The Morgan fingerprint density at radius 1 is 1.06 bits per heavy atom. The quantitative estimate of drug-likeness (QED) is 0.434. The highest BCUT2D eigenvalue weighted by Crippen LogP contribution is 2.28. The number of carbonyl (C=O) groups excluding carboxylic acids is 1. The van der Waals surface area contributed by atoms with E-state index in [1.165, 1.54) is 6.07 Å². The zero-order valence-electron chi connectivity index (χ0n) is 16.8. The van der Waals surface area contributed by atoms with Gasteiger partial charge in [0.05, 0.1) is 35.4 Å². The van der Waals surface area contributed by atoms with E-state index in [0.717, 1.165) is 11.1 Å². The number of aromatic hydroxyl groups is 1. The Balaban J connectivity index is 1.70. The summed E-state index contributed by atoms with van der Waals surface area (Å²) in [4.78, 5) is 28.6. The molecule has 156 valence electrons. The van der Waals surface area contributed by atoms with E-state index >= 15 is 0 Å². The van der Waals surface area contributed by atoms with Crippen LogP contribution >= 0.6 is 0 Å². The number of carbonyl (C=O) groups is 2. The van der Waals surface area contributed by atoms with Crippen LogP contribution in [-0.2, 0) is 4.79 Å². The Bertz CT molecular complexity index is 1260. The molecule has 7 heteroatoms. The number of rotatable bonds is 6. The summed E-state index contributed by atoms with van der Waals surface area (Å²) < 4.78 is 1.80. The topological polar surface area (TPSA) is 104 Å². The van der Waals surface area contributed by atoms with E-state index in [1.807, 2.05) is 37.3 Å². The van der Waals surface area contributed by atoms with Crippen molar-refractivity contribution in [2.24, 2.45) is 0 Å². The number of carboxylic acids is 1. The van der Waals surface area contributed by atoms with Crippen LogP contribution < -0.4 is 5.32 Å². The molecule has 0 saturated heterocycles. The zero-order chi connectivity index (χ0) is 22.0. The number of carboxylic acid groups (broad SMARTS) is 1. The lowest BCUT2D eigenvalue weighted by Gasteiger charge is -2.18. The molecule has 0 bridgehead atoms. The smallest absolute Gasteiger partial charge is 0.305 e. The predicted molar refractivity (Wildman–Crippen MR) is 117 cm³/mol. The molecule has 0 radical (unpaired) electrons. The first-order chi connectivity index (χ1) is 14.9. The highest BCUT2D eigenvalue weighted by atomic mass is 16.4. The van der Waals surface area contributed by atoms with Gasteiger partial charge in [0.25, 0.3) is 5.91 Å². The minimum atomic E-state index is -0.921. The highest BCUT2D eigenvalue weighted by molar-refractivity contribution is 6.06. The Hall–Kier alpha value is -4.13. The number of hydrogen-bond acceptors (Lipinski definition) is 4. The van der Waals surface area contributed by atoms with E-state index < -0.39 is 17.9 Å². The molecule has 0 spiro atoms. The third-order valence-corrected chi connectivity index (χ3v) is 5.12. The average molecular weight is 415 g/mol. The van der Waals surface area contributed by atoms with Gasteiger partial charge < -0.3 is 20.1 Å². The molecule has 0 saturated carbocycles. The largest absolute Gasteiger partial charge is 0.507 e. The summed E-state index contributed by atoms with van der Waals surface area (Å²) in [6, 6.07) is 19.0. The summed E-state index contributed by atoms with van der Waals surface area (Å²) in [6.45, 7) is 1.83. The molecule has 1 aromatic heterocycles. The van der Waals surface area contributed by atoms with Crippen LogP contribution in [0.3, 0.4) is 0 Å². The predicted octanol–water partition coefficient (Wildman–Crippen LogP) is 4.37. The van der Waals surface area contributed by atoms with Crippen molar-refractivity contribution in [3.63, 3.8) is 0 Å². The van der Waals surface area contributed by atoms with Crippen LogP contribution in [0.15, 0.2) is 73.1 Å². The molecule has 1 unspecified atom stereocenters. The molecule has 1 heterocycles. The maximum atomic E-state index is 12.6. The zero-order valence-corrected chi connectivity index (χ0v) is 16.8. The molecule has 4 aromatic rings. The van der Waals surface area contributed by atoms with Gasteiger partial charge in [-0.2, -0.15) is 0 Å². The van der Waals surface area contributed by atoms with Gasteiger partial charge in [0, 0.05) is 5.69 Å². The second kappa shape index (κ2) is 8.31. The third kappa shape index (κ3) is 4.25. The molecule has 3 aromatic carbocycles. The van der Waals surface area contributed by atoms with Gasteiger partial charge in [-0.05, 0) is 48.4 Å². The van der Waals surface area contributed by atoms with Crippen LogP contribution in [0.4, 0.5) is 5.69 Å². The van der Waals surface area contributed by atoms with Crippen molar-refractivity contribution in [3.8, 4) is 5.75 Å². The molecule has 0 fully saturated rings. The van der Waals surface area contributed by atoms with Crippen LogP contribution in [0.5, 0.6) is 5.75 Å². The normalized spacial score (nSPS) is 11.9. The molecule has 0 aliphatic rings. The van der Waals surface area contributed by atoms with Crippen molar-refractivity contribution in [1.82, 2.24) is 9.55 Å². The van der Waals surface area contributed by atoms with Crippen molar-refractivity contribution in [3.05, 3.63) is 89.7 Å². The Labute approximate surface area is 178 Å². The number of nitrogens with zero attached hydrogens (tertiary/aromatic N) is 2. The van der Waals surface area contributed by atoms with Crippen molar-refractivity contribution < 1.29 is 19.8 Å². The molecular weight excluding hydrogens is 394 g/mol. The van der Waals surface area contributed by atoms with Crippen LogP contribution in [0.2, 0.25) is 0 Å². The van der Waals surface area contributed by atoms with E-state index in [4.69, 9.17) is 0 Å². The van der Waals surface area contributed by atoms with Gasteiger partial charge in [-0.15, -0.1) is 0 Å². The number of benzene rings is 3. The number of phenolic OH excluding ortho intramolecular Hbond substituents is 1. The number of aryl methyl sites for hydroxylation is 1. The molecule has 3 N–H and O–H groups in total. The third-order valence-electron chi connectivity index (χ3n) is 5.12. The van der Waals surface area contributed by atoms with Gasteiger partial charge in [0.15, 0.2) is 0 Å². The van der Waals surface area contributed by atoms with Crippen LogP contribution in [-0.4, -0.2) is 31.6 Å². The summed E-state index contributed by atoms with van der Waals surface area (Å²) in [6.07, 6.45) is 1.51. The summed E-state index contributed by atoms with van der Waals surface area (Å²) in [5.74, 6) is -1.45. The van der Waals surface area contributed by atoms with Crippen LogP contribution in [0, 0.1) is 6.92 Å².